The standard InChI is InChI=1S/C19H19N3O3/c1-12-18(22-8-3-2-4-17(22)21-12)19(24)20-11-15(23)13-5-6-16-14(10-13)7-9-25-16/h2-6,8,10,15,23H,7,9,11H2,1H3,(H,20,24)/t15-/m0/s1. The average molecular weight is 337 g/mol. The molecule has 2 aromatic heterocycles. The van der Waals surface area contributed by atoms with Crippen LogP contribution in [0, 0.1) is 6.92 Å². The second kappa shape index (κ2) is 6.22. The molecule has 3 aromatic rings. The maximum Gasteiger partial charge on any atom is 0.270 e. The minimum atomic E-state index is -0.769. The van der Waals surface area contributed by atoms with Gasteiger partial charge in [-0.15, -0.1) is 0 Å². The van der Waals surface area contributed by atoms with Gasteiger partial charge in [-0.3, -0.25) is 9.20 Å². The molecule has 1 atom stereocenters. The van der Waals surface area contributed by atoms with Crippen LogP contribution in [-0.4, -0.2) is 33.6 Å². The Kier molecular flexibility index (Phi) is 3.89. The molecule has 3 heterocycles. The Morgan fingerprint density at radius 1 is 1.40 bits per heavy atom. The van der Waals surface area contributed by atoms with Gasteiger partial charge in [0.05, 0.1) is 18.4 Å². The van der Waals surface area contributed by atoms with E-state index in [0.717, 1.165) is 28.9 Å². The number of fused-ring (bicyclic) bond motifs is 2. The first-order valence-corrected chi connectivity index (χ1v) is 8.29. The molecule has 0 fully saturated rings. The topological polar surface area (TPSA) is 75.9 Å². The summed E-state index contributed by atoms with van der Waals surface area (Å²) in [4.78, 5) is 16.9. The molecule has 0 saturated heterocycles. The maximum absolute atomic E-state index is 12.6. The largest absolute Gasteiger partial charge is 0.493 e. The quantitative estimate of drug-likeness (QED) is 0.764. The van der Waals surface area contributed by atoms with Crippen molar-refractivity contribution in [1.29, 1.82) is 0 Å². The third kappa shape index (κ3) is 2.85. The molecule has 1 aromatic carbocycles. The molecule has 0 unspecified atom stereocenters. The lowest BCUT2D eigenvalue weighted by molar-refractivity contribution is 0.0910. The van der Waals surface area contributed by atoms with Crippen molar-refractivity contribution in [2.75, 3.05) is 13.2 Å². The van der Waals surface area contributed by atoms with E-state index in [9.17, 15) is 9.90 Å². The normalized spacial score (nSPS) is 14.2. The Labute approximate surface area is 145 Å². The minimum absolute atomic E-state index is 0.137. The summed E-state index contributed by atoms with van der Waals surface area (Å²) >= 11 is 0. The molecule has 128 valence electrons. The maximum atomic E-state index is 12.6. The molecule has 6 nitrogen and oxygen atoms in total. The number of imidazole rings is 1. The Morgan fingerprint density at radius 3 is 3.16 bits per heavy atom. The predicted octanol–water partition coefficient (Wildman–Crippen LogP) is 2.04. The molecule has 0 aliphatic carbocycles. The second-order valence-corrected chi connectivity index (χ2v) is 6.17. The number of carbonyl (C=O) groups excluding carboxylic acids is 1. The lowest BCUT2D eigenvalue weighted by atomic mass is 10.0. The molecule has 0 spiro atoms. The summed E-state index contributed by atoms with van der Waals surface area (Å²) in [7, 11) is 0. The summed E-state index contributed by atoms with van der Waals surface area (Å²) in [5, 5.41) is 13.2. The summed E-state index contributed by atoms with van der Waals surface area (Å²) in [6, 6.07) is 11.2. The molecule has 6 heteroatoms. The fourth-order valence-corrected chi connectivity index (χ4v) is 3.19. The van der Waals surface area contributed by atoms with E-state index in [2.05, 4.69) is 10.3 Å². The number of pyridine rings is 1. The van der Waals surface area contributed by atoms with Gasteiger partial charge >= 0.3 is 0 Å². The van der Waals surface area contributed by atoms with Gasteiger partial charge in [0.25, 0.3) is 5.91 Å². The summed E-state index contributed by atoms with van der Waals surface area (Å²) in [6.07, 6.45) is 1.89. The molecular weight excluding hydrogens is 318 g/mol. The average Bonchev–Trinajstić information content (AvgIpc) is 3.21. The van der Waals surface area contributed by atoms with Gasteiger partial charge in [-0.25, -0.2) is 4.98 Å². The lowest BCUT2D eigenvalue weighted by Crippen LogP contribution is -2.29. The number of aliphatic hydroxyl groups is 1. The number of hydrogen-bond acceptors (Lipinski definition) is 4. The highest BCUT2D eigenvalue weighted by atomic mass is 16.5. The van der Waals surface area contributed by atoms with Gasteiger partial charge in [-0.05, 0) is 42.3 Å². The van der Waals surface area contributed by atoms with Crippen LogP contribution in [0.4, 0.5) is 0 Å². The number of amides is 1. The Morgan fingerprint density at radius 2 is 2.28 bits per heavy atom. The van der Waals surface area contributed by atoms with E-state index >= 15 is 0 Å². The number of aromatic nitrogens is 2. The van der Waals surface area contributed by atoms with Crippen LogP contribution in [0.5, 0.6) is 5.75 Å². The van der Waals surface area contributed by atoms with Gasteiger partial charge in [0, 0.05) is 19.2 Å². The van der Waals surface area contributed by atoms with Gasteiger partial charge in [0.1, 0.15) is 17.1 Å². The summed E-state index contributed by atoms with van der Waals surface area (Å²) < 4.78 is 7.23. The summed E-state index contributed by atoms with van der Waals surface area (Å²) in [5.41, 5.74) is 3.75. The molecule has 0 radical (unpaired) electrons. The van der Waals surface area contributed by atoms with Crippen molar-refractivity contribution < 1.29 is 14.6 Å². The van der Waals surface area contributed by atoms with Crippen LogP contribution in [-0.2, 0) is 6.42 Å². The number of carbonyl (C=O) groups is 1. The van der Waals surface area contributed by atoms with Crippen molar-refractivity contribution in [2.45, 2.75) is 19.4 Å². The van der Waals surface area contributed by atoms with Gasteiger partial charge in [-0.2, -0.15) is 0 Å². The van der Waals surface area contributed by atoms with E-state index < -0.39 is 6.10 Å². The highest BCUT2D eigenvalue weighted by Gasteiger charge is 2.19. The predicted molar refractivity (Wildman–Crippen MR) is 92.9 cm³/mol. The van der Waals surface area contributed by atoms with Crippen LogP contribution in [0.15, 0.2) is 42.6 Å². The van der Waals surface area contributed by atoms with Crippen molar-refractivity contribution in [1.82, 2.24) is 14.7 Å². The Hall–Kier alpha value is -2.86. The Bertz CT molecular complexity index is 948. The van der Waals surface area contributed by atoms with E-state index in [-0.39, 0.29) is 12.5 Å². The fourth-order valence-electron chi connectivity index (χ4n) is 3.19. The first-order valence-electron chi connectivity index (χ1n) is 8.29. The van der Waals surface area contributed by atoms with Crippen LogP contribution >= 0.6 is 0 Å². The SMILES string of the molecule is Cc1nc2ccccn2c1C(=O)NC[C@H](O)c1ccc2c(c1)CCO2. The first-order chi connectivity index (χ1) is 12.1. The number of ether oxygens (including phenoxy) is 1. The number of benzene rings is 1. The van der Waals surface area contributed by atoms with Crippen molar-refractivity contribution in [2.24, 2.45) is 0 Å². The number of nitrogens with zero attached hydrogens (tertiary/aromatic N) is 2. The van der Waals surface area contributed by atoms with Crippen molar-refractivity contribution in [3.05, 3.63) is 65.1 Å². The van der Waals surface area contributed by atoms with Crippen molar-refractivity contribution in [3.63, 3.8) is 0 Å². The molecule has 4 rings (SSSR count). The minimum Gasteiger partial charge on any atom is -0.493 e. The highest BCUT2D eigenvalue weighted by Crippen LogP contribution is 2.28. The van der Waals surface area contributed by atoms with E-state index in [1.54, 1.807) is 17.5 Å². The zero-order valence-electron chi connectivity index (χ0n) is 13.9. The van der Waals surface area contributed by atoms with Crippen LogP contribution in [0.3, 0.4) is 0 Å². The zero-order chi connectivity index (χ0) is 17.4. The van der Waals surface area contributed by atoms with Gasteiger partial charge in [-0.1, -0.05) is 12.1 Å². The molecular formula is C19H19N3O3. The first kappa shape index (κ1) is 15.7. The Balaban J connectivity index is 1.49. The number of aryl methyl sites for hydroxylation is 1. The molecule has 0 bridgehead atoms. The molecule has 2 N–H and O–H groups in total. The van der Waals surface area contributed by atoms with Gasteiger partial charge < -0.3 is 15.2 Å². The van der Waals surface area contributed by atoms with Crippen LogP contribution in [0.1, 0.15) is 33.4 Å². The molecule has 1 aliphatic heterocycles. The highest BCUT2D eigenvalue weighted by molar-refractivity contribution is 5.94. The summed E-state index contributed by atoms with van der Waals surface area (Å²) in [6.45, 7) is 2.62. The third-order valence-corrected chi connectivity index (χ3v) is 4.47. The summed E-state index contributed by atoms with van der Waals surface area (Å²) in [5.74, 6) is 0.626. The van der Waals surface area contributed by atoms with E-state index in [1.165, 1.54) is 0 Å². The van der Waals surface area contributed by atoms with E-state index in [0.29, 0.717) is 18.0 Å². The smallest absolute Gasteiger partial charge is 0.270 e. The third-order valence-electron chi connectivity index (χ3n) is 4.47. The molecule has 25 heavy (non-hydrogen) atoms. The van der Waals surface area contributed by atoms with Crippen LogP contribution < -0.4 is 10.1 Å². The van der Waals surface area contributed by atoms with Crippen LogP contribution in [0.25, 0.3) is 5.65 Å². The number of rotatable bonds is 4. The number of aliphatic hydroxyl groups excluding tert-OH is 1. The lowest BCUT2D eigenvalue weighted by Gasteiger charge is -2.13. The molecule has 0 saturated carbocycles. The van der Waals surface area contributed by atoms with Gasteiger partial charge in [0.15, 0.2) is 0 Å². The fraction of sp³-hybridized carbons (Fsp3) is 0.263. The van der Waals surface area contributed by atoms with Crippen LogP contribution in [0.2, 0.25) is 0 Å². The van der Waals surface area contributed by atoms with Gasteiger partial charge in [0.2, 0.25) is 0 Å². The number of hydrogen-bond donors (Lipinski definition) is 2. The monoisotopic (exact) mass is 337 g/mol. The van der Waals surface area contributed by atoms with E-state index in [1.807, 2.05) is 36.4 Å². The molecule has 1 aliphatic rings. The second-order valence-electron chi connectivity index (χ2n) is 6.17. The molecule has 1 amide bonds. The number of nitrogens with one attached hydrogen (secondary N) is 1. The zero-order valence-corrected chi connectivity index (χ0v) is 13.9. The van der Waals surface area contributed by atoms with E-state index in [4.69, 9.17) is 4.74 Å². The van der Waals surface area contributed by atoms with Crippen molar-refractivity contribution >= 4 is 11.6 Å². The van der Waals surface area contributed by atoms with Crippen molar-refractivity contribution in [3.8, 4) is 5.75 Å².